The molecule has 0 atom stereocenters. The third-order valence-corrected chi connectivity index (χ3v) is 5.84. The molecular weight excluding hydrogens is 402 g/mol. The second-order valence-corrected chi connectivity index (χ2v) is 7.90. The Morgan fingerprint density at radius 1 is 1.00 bits per heavy atom. The van der Waals surface area contributed by atoms with Crippen molar-refractivity contribution in [3.05, 3.63) is 54.6 Å². The lowest BCUT2D eigenvalue weighted by molar-refractivity contribution is 0.352. The van der Waals surface area contributed by atoms with Gasteiger partial charge in [0.2, 0.25) is 5.95 Å². The summed E-state index contributed by atoms with van der Waals surface area (Å²) in [5.74, 6) is 1.76. The van der Waals surface area contributed by atoms with Crippen molar-refractivity contribution < 1.29 is 4.74 Å². The van der Waals surface area contributed by atoms with Gasteiger partial charge in [0, 0.05) is 18.7 Å². The molecule has 0 radical (unpaired) electrons. The molecule has 0 bridgehead atoms. The van der Waals surface area contributed by atoms with Crippen molar-refractivity contribution in [1.29, 1.82) is 0 Å². The maximum Gasteiger partial charge on any atom is 0.225 e. The van der Waals surface area contributed by atoms with E-state index in [2.05, 4.69) is 10.2 Å². The second-order valence-electron chi connectivity index (χ2n) is 7.90. The van der Waals surface area contributed by atoms with Crippen molar-refractivity contribution in [3.8, 4) is 22.7 Å². The fraction of sp³-hybridized carbons (Fsp3) is 0.292. The Balaban J connectivity index is 1.59. The van der Waals surface area contributed by atoms with Crippen LogP contribution in [0.5, 0.6) is 5.75 Å². The normalized spacial score (nSPS) is 14.2. The lowest BCUT2D eigenvalue weighted by Gasteiger charge is -2.15. The Hall–Kier alpha value is -3.65. The molecule has 8 heteroatoms. The molecule has 1 fully saturated rings. The van der Waals surface area contributed by atoms with Gasteiger partial charge >= 0.3 is 0 Å². The summed E-state index contributed by atoms with van der Waals surface area (Å²) in [4.78, 5) is 12.0. The van der Waals surface area contributed by atoms with Crippen LogP contribution in [-0.2, 0) is 0 Å². The Labute approximate surface area is 187 Å². The SMILES string of the molecule is COc1ccccc1-c1nc(NCCN2CCCC2)nc2nn(-c3ccccc3)c(N)c12. The van der Waals surface area contributed by atoms with E-state index in [-0.39, 0.29) is 0 Å². The minimum absolute atomic E-state index is 0.496. The Morgan fingerprint density at radius 2 is 1.75 bits per heavy atom. The summed E-state index contributed by atoms with van der Waals surface area (Å²) < 4.78 is 7.33. The van der Waals surface area contributed by atoms with Crippen molar-refractivity contribution in [2.75, 3.05) is 44.3 Å². The predicted octanol–water partition coefficient (Wildman–Crippen LogP) is 3.58. The summed E-state index contributed by atoms with van der Waals surface area (Å²) in [5.41, 5.74) is 9.56. The van der Waals surface area contributed by atoms with Gasteiger partial charge in [-0.2, -0.15) is 4.98 Å². The number of hydrogen-bond acceptors (Lipinski definition) is 7. The maximum absolute atomic E-state index is 6.59. The van der Waals surface area contributed by atoms with Gasteiger partial charge in [-0.25, -0.2) is 9.67 Å². The van der Waals surface area contributed by atoms with E-state index in [9.17, 15) is 0 Å². The van der Waals surface area contributed by atoms with E-state index in [4.69, 9.17) is 25.5 Å². The van der Waals surface area contributed by atoms with Crippen molar-refractivity contribution in [2.45, 2.75) is 12.8 Å². The van der Waals surface area contributed by atoms with E-state index < -0.39 is 0 Å². The Kier molecular flexibility index (Phi) is 5.60. The number of nitrogens with two attached hydrogens (primary N) is 1. The van der Waals surface area contributed by atoms with Crippen molar-refractivity contribution in [1.82, 2.24) is 24.6 Å². The first-order valence-electron chi connectivity index (χ1n) is 11.0. The van der Waals surface area contributed by atoms with Gasteiger partial charge in [-0.05, 0) is 50.2 Å². The van der Waals surface area contributed by atoms with Crippen LogP contribution in [0.4, 0.5) is 11.8 Å². The molecule has 3 N–H and O–H groups in total. The number of hydrogen-bond donors (Lipinski definition) is 2. The minimum atomic E-state index is 0.496. The predicted molar refractivity (Wildman–Crippen MR) is 127 cm³/mol. The number of fused-ring (bicyclic) bond motifs is 1. The zero-order chi connectivity index (χ0) is 21.9. The third-order valence-electron chi connectivity index (χ3n) is 5.84. The molecule has 32 heavy (non-hydrogen) atoms. The Bertz CT molecular complexity index is 1220. The van der Waals surface area contributed by atoms with Crippen LogP contribution < -0.4 is 15.8 Å². The van der Waals surface area contributed by atoms with Gasteiger partial charge in [0.05, 0.1) is 23.9 Å². The average Bonchev–Trinajstić information content (AvgIpc) is 3.47. The molecule has 1 saturated heterocycles. The molecule has 0 unspecified atom stereocenters. The van der Waals surface area contributed by atoms with E-state index in [0.717, 1.165) is 43.2 Å². The van der Waals surface area contributed by atoms with E-state index in [1.54, 1.807) is 11.8 Å². The van der Waals surface area contributed by atoms with Crippen LogP contribution in [0, 0.1) is 0 Å². The van der Waals surface area contributed by atoms with E-state index in [1.165, 1.54) is 12.8 Å². The Morgan fingerprint density at radius 3 is 2.53 bits per heavy atom. The lowest BCUT2D eigenvalue weighted by Crippen LogP contribution is -2.26. The van der Waals surface area contributed by atoms with Gasteiger partial charge in [0.15, 0.2) is 5.65 Å². The summed E-state index contributed by atoms with van der Waals surface area (Å²) in [7, 11) is 1.66. The molecule has 5 rings (SSSR count). The molecule has 2 aromatic heterocycles. The van der Waals surface area contributed by atoms with Crippen LogP contribution in [0.3, 0.4) is 0 Å². The number of nitrogens with zero attached hydrogens (tertiary/aromatic N) is 5. The number of para-hydroxylation sites is 2. The number of likely N-dealkylation sites (tertiary alicyclic amines) is 1. The summed E-state index contributed by atoms with van der Waals surface area (Å²) in [5, 5.41) is 8.82. The third kappa shape index (κ3) is 3.85. The standard InChI is InChI=1S/C24H27N7O/c1-32-19-12-6-5-11-18(19)21-20-22(25)31(17-9-3-2-4-10-17)29-23(20)28-24(27-21)26-13-16-30-14-7-8-15-30/h2-6,9-12H,7-8,13-16,25H2,1H3,(H,26,28,29). The van der Waals surface area contributed by atoms with Gasteiger partial charge in [-0.3, -0.25) is 0 Å². The molecule has 0 spiro atoms. The minimum Gasteiger partial charge on any atom is -0.496 e. The smallest absolute Gasteiger partial charge is 0.225 e. The molecule has 164 valence electrons. The van der Waals surface area contributed by atoms with Gasteiger partial charge in [-0.15, -0.1) is 5.10 Å². The average molecular weight is 430 g/mol. The molecule has 8 nitrogen and oxygen atoms in total. The zero-order valence-electron chi connectivity index (χ0n) is 18.2. The number of aromatic nitrogens is 4. The van der Waals surface area contributed by atoms with Crippen LogP contribution in [-0.4, -0.2) is 57.9 Å². The molecule has 0 saturated carbocycles. The number of nitrogen functional groups attached to an aromatic ring is 1. The first-order valence-corrected chi connectivity index (χ1v) is 11.0. The number of methoxy groups -OCH3 is 1. The molecular formula is C24H27N7O. The largest absolute Gasteiger partial charge is 0.496 e. The fourth-order valence-corrected chi connectivity index (χ4v) is 4.22. The number of anilines is 2. The fourth-order valence-electron chi connectivity index (χ4n) is 4.22. The van der Waals surface area contributed by atoms with Crippen LogP contribution in [0.2, 0.25) is 0 Å². The van der Waals surface area contributed by atoms with E-state index in [1.807, 2.05) is 54.6 Å². The number of rotatable bonds is 7. The number of benzene rings is 2. The van der Waals surface area contributed by atoms with Crippen molar-refractivity contribution >= 4 is 22.8 Å². The van der Waals surface area contributed by atoms with Crippen LogP contribution in [0.25, 0.3) is 28.0 Å². The molecule has 0 amide bonds. The first-order chi connectivity index (χ1) is 15.7. The van der Waals surface area contributed by atoms with Crippen LogP contribution in [0.1, 0.15) is 12.8 Å². The summed E-state index contributed by atoms with van der Waals surface area (Å²) in [6, 6.07) is 17.6. The number of nitrogens with one attached hydrogen (secondary N) is 1. The summed E-state index contributed by atoms with van der Waals surface area (Å²) >= 11 is 0. The second kappa shape index (κ2) is 8.84. The molecule has 3 heterocycles. The van der Waals surface area contributed by atoms with Gasteiger partial charge in [-0.1, -0.05) is 30.3 Å². The molecule has 1 aliphatic rings. The van der Waals surface area contributed by atoms with E-state index in [0.29, 0.717) is 28.5 Å². The van der Waals surface area contributed by atoms with Crippen molar-refractivity contribution in [3.63, 3.8) is 0 Å². The summed E-state index contributed by atoms with van der Waals surface area (Å²) in [6.07, 6.45) is 2.55. The number of ether oxygens (including phenoxy) is 1. The highest BCUT2D eigenvalue weighted by atomic mass is 16.5. The molecule has 0 aliphatic carbocycles. The molecule has 2 aromatic carbocycles. The quantitative estimate of drug-likeness (QED) is 0.464. The highest BCUT2D eigenvalue weighted by molar-refractivity contribution is 6.00. The van der Waals surface area contributed by atoms with Gasteiger partial charge in [0.1, 0.15) is 11.6 Å². The van der Waals surface area contributed by atoms with E-state index >= 15 is 0 Å². The maximum atomic E-state index is 6.59. The molecule has 1 aliphatic heterocycles. The molecule has 4 aromatic rings. The van der Waals surface area contributed by atoms with Crippen LogP contribution >= 0.6 is 0 Å². The first kappa shape index (κ1) is 20.3. The van der Waals surface area contributed by atoms with Crippen LogP contribution in [0.15, 0.2) is 54.6 Å². The van der Waals surface area contributed by atoms with Gasteiger partial charge in [0.25, 0.3) is 0 Å². The van der Waals surface area contributed by atoms with Crippen molar-refractivity contribution in [2.24, 2.45) is 0 Å². The van der Waals surface area contributed by atoms with Gasteiger partial charge < -0.3 is 20.7 Å². The lowest BCUT2D eigenvalue weighted by atomic mass is 10.1. The topological polar surface area (TPSA) is 94.1 Å². The zero-order valence-corrected chi connectivity index (χ0v) is 18.2. The highest BCUT2D eigenvalue weighted by Gasteiger charge is 2.21. The summed E-state index contributed by atoms with van der Waals surface area (Å²) in [6.45, 7) is 4.05. The monoisotopic (exact) mass is 429 g/mol. The highest BCUT2D eigenvalue weighted by Crippen LogP contribution is 2.37.